The number of ether oxygens (including phenoxy) is 2. The van der Waals surface area contributed by atoms with E-state index in [0.29, 0.717) is 11.3 Å². The van der Waals surface area contributed by atoms with Crippen molar-refractivity contribution in [1.29, 1.82) is 0 Å². The zero-order chi connectivity index (χ0) is 14.5. The Bertz CT molecular complexity index is 632. The van der Waals surface area contributed by atoms with Crippen LogP contribution in [0.1, 0.15) is 26.7 Å². The molecule has 0 spiro atoms. The molecule has 1 aromatic carbocycles. The molecule has 0 aliphatic rings. The minimum absolute atomic E-state index is 0.0409. The van der Waals surface area contributed by atoms with Gasteiger partial charge >= 0.3 is 11.9 Å². The summed E-state index contributed by atoms with van der Waals surface area (Å²) in [5.74, 6) is -0.552. The van der Waals surface area contributed by atoms with Crippen LogP contribution in [0.4, 0.5) is 0 Å². The molecule has 2 aromatic rings. The third-order valence-corrected chi connectivity index (χ3v) is 3.43. The Morgan fingerprint density at radius 3 is 2.60 bits per heavy atom. The van der Waals surface area contributed by atoms with Gasteiger partial charge in [0.25, 0.3) is 0 Å². The van der Waals surface area contributed by atoms with Gasteiger partial charge in [-0.2, -0.15) is 0 Å². The van der Waals surface area contributed by atoms with E-state index in [1.807, 2.05) is 12.1 Å². The number of hydrogen-bond acceptors (Lipinski definition) is 5. The molecule has 1 aromatic heterocycles. The van der Waals surface area contributed by atoms with E-state index in [4.69, 9.17) is 9.15 Å². The van der Waals surface area contributed by atoms with Crippen molar-refractivity contribution in [1.82, 2.24) is 0 Å². The quantitative estimate of drug-likeness (QED) is 0.597. The van der Waals surface area contributed by atoms with Crippen LogP contribution in [-0.4, -0.2) is 19.0 Å². The highest BCUT2D eigenvalue weighted by molar-refractivity contribution is 14.1. The lowest BCUT2D eigenvalue weighted by Gasteiger charge is -2.04. The second-order valence-corrected chi connectivity index (χ2v) is 4.98. The van der Waals surface area contributed by atoms with E-state index in [1.165, 1.54) is 13.2 Å². The summed E-state index contributed by atoms with van der Waals surface area (Å²) in [5, 5.41) is 0. The van der Waals surface area contributed by atoms with Crippen molar-refractivity contribution in [3.05, 3.63) is 57.1 Å². The summed E-state index contributed by atoms with van der Waals surface area (Å²) in [6.45, 7) is -0.0409. The van der Waals surface area contributed by atoms with Crippen LogP contribution in [-0.2, 0) is 16.1 Å². The molecule has 5 nitrogen and oxygen atoms in total. The monoisotopic (exact) mass is 386 g/mol. The van der Waals surface area contributed by atoms with Crippen molar-refractivity contribution >= 4 is 34.5 Å². The van der Waals surface area contributed by atoms with Crippen molar-refractivity contribution in [2.24, 2.45) is 0 Å². The van der Waals surface area contributed by atoms with Crippen LogP contribution in [0, 0.1) is 3.57 Å². The Morgan fingerprint density at radius 1 is 1.15 bits per heavy atom. The molecule has 2 rings (SSSR count). The molecule has 0 aliphatic heterocycles. The van der Waals surface area contributed by atoms with Crippen molar-refractivity contribution < 1.29 is 23.5 Å². The van der Waals surface area contributed by atoms with Gasteiger partial charge in [0.05, 0.1) is 12.7 Å². The number of furan rings is 1. The summed E-state index contributed by atoms with van der Waals surface area (Å²) in [6.07, 6.45) is 0. The predicted molar refractivity (Wildman–Crippen MR) is 78.3 cm³/mol. The summed E-state index contributed by atoms with van der Waals surface area (Å²) < 4.78 is 15.7. The third kappa shape index (κ3) is 3.38. The molecule has 1 heterocycles. The number of rotatable bonds is 4. The molecule has 6 heteroatoms. The first-order valence-corrected chi connectivity index (χ1v) is 6.78. The standard InChI is InChI=1S/C14H11IO5/c1-18-14(17)12-7-6-9(20-12)8-19-13(16)10-4-2-3-5-11(10)15/h2-7H,8H2,1H3. The molecule has 20 heavy (non-hydrogen) atoms. The van der Waals surface area contributed by atoms with E-state index < -0.39 is 11.9 Å². The van der Waals surface area contributed by atoms with E-state index in [9.17, 15) is 9.59 Å². The summed E-state index contributed by atoms with van der Waals surface area (Å²) >= 11 is 2.06. The molecule has 0 bridgehead atoms. The van der Waals surface area contributed by atoms with E-state index in [2.05, 4.69) is 27.3 Å². The van der Waals surface area contributed by atoms with Crippen LogP contribution in [0.3, 0.4) is 0 Å². The predicted octanol–water partition coefficient (Wildman–Crippen LogP) is 3.03. The lowest BCUT2D eigenvalue weighted by molar-refractivity contribution is 0.0437. The van der Waals surface area contributed by atoms with Crippen LogP contribution in [0.15, 0.2) is 40.8 Å². The van der Waals surface area contributed by atoms with E-state index >= 15 is 0 Å². The highest BCUT2D eigenvalue weighted by Gasteiger charge is 2.14. The fraction of sp³-hybridized carbons (Fsp3) is 0.143. The molecule has 0 unspecified atom stereocenters. The van der Waals surface area contributed by atoms with Crippen molar-refractivity contribution in [2.75, 3.05) is 7.11 Å². The number of esters is 2. The number of carbonyl (C=O) groups excluding carboxylic acids is 2. The Hall–Kier alpha value is -1.83. The van der Waals surface area contributed by atoms with Crippen LogP contribution < -0.4 is 0 Å². The lowest BCUT2D eigenvalue weighted by atomic mass is 10.2. The molecule has 0 radical (unpaired) electrons. The van der Waals surface area contributed by atoms with Crippen molar-refractivity contribution in [3.63, 3.8) is 0 Å². The minimum atomic E-state index is -0.569. The molecule has 0 fully saturated rings. The van der Waals surface area contributed by atoms with Crippen molar-refractivity contribution in [3.8, 4) is 0 Å². The average molecular weight is 386 g/mol. The molecule has 0 aliphatic carbocycles. The maximum Gasteiger partial charge on any atom is 0.373 e. The highest BCUT2D eigenvalue weighted by atomic mass is 127. The van der Waals surface area contributed by atoms with Gasteiger partial charge in [0, 0.05) is 3.57 Å². The first kappa shape index (κ1) is 14.6. The van der Waals surface area contributed by atoms with Crippen LogP contribution in [0.2, 0.25) is 0 Å². The molecule has 0 saturated heterocycles. The third-order valence-electron chi connectivity index (χ3n) is 2.49. The topological polar surface area (TPSA) is 65.7 Å². The van der Waals surface area contributed by atoms with Gasteiger partial charge in [-0.15, -0.1) is 0 Å². The number of methoxy groups -OCH3 is 1. The molecule has 0 N–H and O–H groups in total. The molecular formula is C14H11IO5. The number of carbonyl (C=O) groups is 2. The zero-order valence-electron chi connectivity index (χ0n) is 10.6. The van der Waals surface area contributed by atoms with Gasteiger partial charge in [-0.3, -0.25) is 0 Å². The molecule has 0 amide bonds. The van der Waals surface area contributed by atoms with E-state index in [-0.39, 0.29) is 12.4 Å². The molecule has 0 atom stereocenters. The number of hydrogen-bond donors (Lipinski definition) is 0. The summed E-state index contributed by atoms with van der Waals surface area (Å²) in [5.41, 5.74) is 0.493. The van der Waals surface area contributed by atoms with Gasteiger partial charge in [-0.1, -0.05) is 12.1 Å². The average Bonchev–Trinajstić information content (AvgIpc) is 2.93. The summed E-state index contributed by atoms with van der Waals surface area (Å²) in [4.78, 5) is 23.1. The van der Waals surface area contributed by atoms with Gasteiger partial charge in [0.2, 0.25) is 5.76 Å². The largest absolute Gasteiger partial charge is 0.463 e. The van der Waals surface area contributed by atoms with Crippen LogP contribution in [0.5, 0.6) is 0 Å². The van der Waals surface area contributed by atoms with Gasteiger partial charge < -0.3 is 13.9 Å². The van der Waals surface area contributed by atoms with Gasteiger partial charge in [-0.05, 0) is 46.9 Å². The summed E-state index contributed by atoms with van der Waals surface area (Å²) in [6, 6.07) is 10.1. The maximum atomic E-state index is 11.9. The lowest BCUT2D eigenvalue weighted by Crippen LogP contribution is -2.06. The van der Waals surface area contributed by atoms with E-state index in [1.54, 1.807) is 18.2 Å². The maximum absolute atomic E-state index is 11.9. The van der Waals surface area contributed by atoms with Gasteiger partial charge in [0.1, 0.15) is 12.4 Å². The first-order chi connectivity index (χ1) is 9.61. The Balaban J connectivity index is 1.99. The normalized spacial score (nSPS) is 10.1. The second kappa shape index (κ2) is 6.56. The summed E-state index contributed by atoms with van der Waals surface area (Å²) in [7, 11) is 1.27. The van der Waals surface area contributed by atoms with Gasteiger partial charge in [0.15, 0.2) is 0 Å². The minimum Gasteiger partial charge on any atom is -0.463 e. The fourth-order valence-electron chi connectivity index (χ4n) is 1.51. The van der Waals surface area contributed by atoms with E-state index in [0.717, 1.165) is 3.57 Å². The number of benzene rings is 1. The second-order valence-electron chi connectivity index (χ2n) is 3.81. The Kier molecular flexibility index (Phi) is 4.78. The highest BCUT2D eigenvalue weighted by Crippen LogP contribution is 2.15. The SMILES string of the molecule is COC(=O)c1ccc(COC(=O)c2ccccc2I)o1. The Morgan fingerprint density at radius 2 is 1.90 bits per heavy atom. The first-order valence-electron chi connectivity index (χ1n) is 5.70. The van der Waals surface area contributed by atoms with Crippen molar-refractivity contribution in [2.45, 2.75) is 6.61 Å². The number of halogens is 1. The van der Waals surface area contributed by atoms with Crippen LogP contribution in [0.25, 0.3) is 0 Å². The fourth-order valence-corrected chi connectivity index (χ4v) is 2.11. The Labute approximate surface area is 129 Å². The van der Waals surface area contributed by atoms with Gasteiger partial charge in [-0.25, -0.2) is 9.59 Å². The molecule has 0 saturated carbocycles. The smallest absolute Gasteiger partial charge is 0.373 e. The molecule has 104 valence electrons. The molecular weight excluding hydrogens is 375 g/mol. The van der Waals surface area contributed by atoms with Crippen LogP contribution >= 0.6 is 22.6 Å². The zero-order valence-corrected chi connectivity index (χ0v) is 12.7.